The van der Waals surface area contributed by atoms with Crippen molar-refractivity contribution in [3.8, 4) is 11.5 Å². The van der Waals surface area contributed by atoms with Gasteiger partial charge in [0.25, 0.3) is 5.69 Å². The van der Waals surface area contributed by atoms with Gasteiger partial charge in [0.05, 0.1) is 9.95 Å². The lowest BCUT2D eigenvalue weighted by Gasteiger charge is -2.14. The molecule has 0 fully saturated rings. The minimum Gasteiger partial charge on any atom is -0.479 e. The smallest absolute Gasteiger partial charge is 0.352 e. The van der Waals surface area contributed by atoms with E-state index in [9.17, 15) is 14.9 Å². The van der Waals surface area contributed by atoms with Gasteiger partial charge in [-0.15, -0.1) is 0 Å². The van der Waals surface area contributed by atoms with E-state index in [-0.39, 0.29) is 16.5 Å². The molecule has 0 saturated heterocycles. The van der Waals surface area contributed by atoms with Gasteiger partial charge in [0.1, 0.15) is 11.5 Å². The third kappa shape index (κ3) is 4.43. The fourth-order valence-electron chi connectivity index (χ4n) is 1.82. The number of hydrogen-bond acceptors (Lipinski definition) is 5. The van der Waals surface area contributed by atoms with E-state index < -0.39 is 17.0 Å². The molecular formula is C16H14ClNO5. The summed E-state index contributed by atoms with van der Waals surface area (Å²) in [6.45, 7) is 3.45. The van der Waals surface area contributed by atoms with Crippen molar-refractivity contribution in [3.63, 3.8) is 0 Å². The normalized spacial score (nSPS) is 11.6. The zero-order chi connectivity index (χ0) is 17.0. The molecule has 2 aromatic carbocycles. The summed E-state index contributed by atoms with van der Waals surface area (Å²) in [5.41, 5.74) is 0.820. The molecule has 2 aromatic rings. The second kappa shape index (κ2) is 7.11. The zero-order valence-corrected chi connectivity index (χ0v) is 13.2. The number of hydrogen-bond donors (Lipinski definition) is 0. The Hall–Kier alpha value is -2.60. The molecule has 0 aliphatic carbocycles. The van der Waals surface area contributed by atoms with Crippen LogP contribution in [0.5, 0.6) is 11.5 Å². The average Bonchev–Trinajstić information content (AvgIpc) is 2.49. The minimum atomic E-state index is -0.858. The SMILES string of the molecule is Cc1cccc(O[C@H](C)C(=O)Oc2ccc([N+](=O)[O-])cc2Cl)c1. The molecule has 0 aliphatic rings. The Bertz CT molecular complexity index is 747. The summed E-state index contributed by atoms with van der Waals surface area (Å²) in [5.74, 6) is -0.0616. The molecule has 0 unspecified atom stereocenters. The highest BCUT2D eigenvalue weighted by molar-refractivity contribution is 6.32. The van der Waals surface area contributed by atoms with Crippen molar-refractivity contribution < 1.29 is 19.2 Å². The molecule has 0 saturated carbocycles. The van der Waals surface area contributed by atoms with Gasteiger partial charge >= 0.3 is 5.97 Å². The number of non-ortho nitro benzene ring substituents is 1. The van der Waals surface area contributed by atoms with Crippen LogP contribution in [0, 0.1) is 17.0 Å². The van der Waals surface area contributed by atoms with E-state index in [1.165, 1.54) is 12.1 Å². The topological polar surface area (TPSA) is 78.7 Å². The number of benzene rings is 2. The third-order valence-electron chi connectivity index (χ3n) is 2.97. The van der Waals surface area contributed by atoms with Gasteiger partial charge in [0.15, 0.2) is 6.10 Å². The lowest BCUT2D eigenvalue weighted by Crippen LogP contribution is -2.28. The maximum Gasteiger partial charge on any atom is 0.352 e. The van der Waals surface area contributed by atoms with E-state index in [2.05, 4.69) is 0 Å². The Balaban J connectivity index is 2.05. The highest BCUT2D eigenvalue weighted by atomic mass is 35.5. The number of aryl methyl sites for hydroxylation is 1. The molecule has 0 aliphatic heterocycles. The fraction of sp³-hybridized carbons (Fsp3) is 0.188. The number of nitro groups is 1. The van der Waals surface area contributed by atoms with Gasteiger partial charge in [-0.3, -0.25) is 10.1 Å². The Morgan fingerprint density at radius 2 is 2.00 bits per heavy atom. The number of carbonyl (C=O) groups excluding carboxylic acids is 1. The lowest BCUT2D eigenvalue weighted by atomic mass is 10.2. The molecule has 1 atom stereocenters. The van der Waals surface area contributed by atoms with Gasteiger partial charge < -0.3 is 9.47 Å². The molecule has 2 rings (SSSR count). The quantitative estimate of drug-likeness (QED) is 0.358. The van der Waals surface area contributed by atoms with Crippen molar-refractivity contribution in [2.24, 2.45) is 0 Å². The molecule has 0 aromatic heterocycles. The summed E-state index contributed by atoms with van der Waals surface area (Å²) in [7, 11) is 0. The first-order valence-corrected chi connectivity index (χ1v) is 7.13. The molecule has 0 bridgehead atoms. The van der Waals surface area contributed by atoms with Gasteiger partial charge in [-0.25, -0.2) is 4.79 Å². The van der Waals surface area contributed by atoms with Gasteiger partial charge in [-0.2, -0.15) is 0 Å². The Morgan fingerprint density at radius 3 is 2.61 bits per heavy atom. The van der Waals surface area contributed by atoms with E-state index in [1.807, 2.05) is 19.1 Å². The Labute approximate surface area is 137 Å². The molecule has 23 heavy (non-hydrogen) atoms. The molecule has 0 N–H and O–H groups in total. The molecule has 120 valence electrons. The maximum atomic E-state index is 12.0. The first-order valence-electron chi connectivity index (χ1n) is 6.76. The number of halogens is 1. The second-order valence-electron chi connectivity index (χ2n) is 4.87. The van der Waals surface area contributed by atoms with Crippen LogP contribution in [0.15, 0.2) is 42.5 Å². The zero-order valence-electron chi connectivity index (χ0n) is 12.5. The van der Waals surface area contributed by atoms with E-state index >= 15 is 0 Å². The van der Waals surface area contributed by atoms with Gasteiger partial charge in [-0.1, -0.05) is 23.7 Å². The van der Waals surface area contributed by atoms with Crippen LogP contribution in [-0.4, -0.2) is 17.0 Å². The Morgan fingerprint density at radius 1 is 1.26 bits per heavy atom. The lowest BCUT2D eigenvalue weighted by molar-refractivity contribution is -0.384. The van der Waals surface area contributed by atoms with Crippen LogP contribution < -0.4 is 9.47 Å². The van der Waals surface area contributed by atoms with Crippen LogP contribution in [0.25, 0.3) is 0 Å². The summed E-state index contributed by atoms with van der Waals surface area (Å²) >= 11 is 5.88. The molecule has 0 spiro atoms. The average molecular weight is 336 g/mol. The number of rotatable bonds is 5. The largest absolute Gasteiger partial charge is 0.479 e. The van der Waals surface area contributed by atoms with E-state index in [0.717, 1.165) is 11.6 Å². The first-order chi connectivity index (χ1) is 10.9. The van der Waals surface area contributed by atoms with Crippen LogP contribution in [0.2, 0.25) is 5.02 Å². The Kier molecular flexibility index (Phi) is 5.18. The molecule has 0 amide bonds. The predicted molar refractivity (Wildman–Crippen MR) is 85.0 cm³/mol. The van der Waals surface area contributed by atoms with Crippen molar-refractivity contribution >= 4 is 23.3 Å². The number of nitrogens with zero attached hydrogens (tertiary/aromatic N) is 1. The first kappa shape index (κ1) is 16.8. The maximum absolute atomic E-state index is 12.0. The standard InChI is InChI=1S/C16H14ClNO5/c1-10-4-3-5-13(8-10)22-11(2)16(19)23-15-7-6-12(18(20)21)9-14(15)17/h3-9,11H,1-2H3/t11-/m1/s1. The van der Waals surface area contributed by atoms with Gasteiger partial charge in [0, 0.05) is 12.1 Å². The van der Waals surface area contributed by atoms with Crippen LogP contribution in [-0.2, 0) is 4.79 Å². The van der Waals surface area contributed by atoms with Gasteiger partial charge in [-0.05, 0) is 37.6 Å². The fourth-order valence-corrected chi connectivity index (χ4v) is 2.03. The van der Waals surface area contributed by atoms with Gasteiger partial charge in [0.2, 0.25) is 0 Å². The van der Waals surface area contributed by atoms with Crippen molar-refractivity contribution in [1.82, 2.24) is 0 Å². The van der Waals surface area contributed by atoms with Crippen LogP contribution in [0.1, 0.15) is 12.5 Å². The van der Waals surface area contributed by atoms with Crippen LogP contribution in [0.4, 0.5) is 5.69 Å². The summed E-state index contributed by atoms with van der Waals surface area (Å²) in [4.78, 5) is 22.1. The van der Waals surface area contributed by atoms with Crippen molar-refractivity contribution in [1.29, 1.82) is 0 Å². The second-order valence-corrected chi connectivity index (χ2v) is 5.28. The molecule has 0 heterocycles. The van der Waals surface area contributed by atoms with Crippen LogP contribution >= 0.6 is 11.6 Å². The minimum absolute atomic E-state index is 0.0182. The molecule has 0 radical (unpaired) electrons. The number of esters is 1. The summed E-state index contributed by atoms with van der Waals surface area (Å²) in [5, 5.41) is 10.6. The van der Waals surface area contributed by atoms with E-state index in [1.54, 1.807) is 19.1 Å². The highest BCUT2D eigenvalue weighted by Crippen LogP contribution is 2.29. The number of nitro benzene ring substituents is 1. The summed E-state index contributed by atoms with van der Waals surface area (Å²) < 4.78 is 10.6. The van der Waals surface area contributed by atoms with Crippen molar-refractivity contribution in [3.05, 3.63) is 63.2 Å². The van der Waals surface area contributed by atoms with E-state index in [4.69, 9.17) is 21.1 Å². The van der Waals surface area contributed by atoms with Crippen molar-refractivity contribution in [2.75, 3.05) is 0 Å². The monoisotopic (exact) mass is 335 g/mol. The highest BCUT2D eigenvalue weighted by Gasteiger charge is 2.20. The molecular weight excluding hydrogens is 322 g/mol. The molecule has 7 heteroatoms. The van der Waals surface area contributed by atoms with Crippen LogP contribution in [0.3, 0.4) is 0 Å². The predicted octanol–water partition coefficient (Wildman–Crippen LogP) is 3.93. The summed E-state index contributed by atoms with van der Waals surface area (Å²) in [6.07, 6.45) is -0.858. The number of ether oxygens (including phenoxy) is 2. The molecule has 6 nitrogen and oxygen atoms in total. The van der Waals surface area contributed by atoms with E-state index in [0.29, 0.717) is 5.75 Å². The third-order valence-corrected chi connectivity index (χ3v) is 3.27. The summed E-state index contributed by atoms with van der Waals surface area (Å²) in [6, 6.07) is 10.9. The number of carbonyl (C=O) groups is 1. The van der Waals surface area contributed by atoms with Crippen molar-refractivity contribution in [2.45, 2.75) is 20.0 Å².